The van der Waals surface area contributed by atoms with Gasteiger partial charge in [0.1, 0.15) is 0 Å². The Hall–Kier alpha value is -2.15. The zero-order valence-electron chi connectivity index (χ0n) is 13.4. The molecule has 122 valence electrons. The summed E-state index contributed by atoms with van der Waals surface area (Å²) in [6.45, 7) is 7.46. The van der Waals surface area contributed by atoms with E-state index in [4.69, 9.17) is 0 Å². The summed E-state index contributed by atoms with van der Waals surface area (Å²) in [7, 11) is 0. The average Bonchev–Trinajstić information content (AvgIpc) is 2.43. The number of carbonyl (C=O) groups excluding carboxylic acids is 1. The molecule has 0 aliphatic rings. The Labute approximate surface area is 130 Å². The van der Waals surface area contributed by atoms with Crippen LogP contribution in [0.25, 0.3) is 0 Å². The van der Waals surface area contributed by atoms with Crippen molar-refractivity contribution in [3.05, 3.63) is 33.9 Å². The first kappa shape index (κ1) is 17.9. The molecule has 0 aliphatic heterocycles. The van der Waals surface area contributed by atoms with Crippen molar-refractivity contribution in [2.24, 2.45) is 0 Å². The minimum Gasteiger partial charge on any atom is -0.389 e. The summed E-state index contributed by atoms with van der Waals surface area (Å²) in [5.41, 5.74) is -0.0356. The van der Waals surface area contributed by atoms with Gasteiger partial charge in [-0.3, -0.25) is 10.1 Å². The number of amides is 2. The second kappa shape index (κ2) is 7.22. The lowest BCUT2D eigenvalue weighted by molar-refractivity contribution is -0.385. The van der Waals surface area contributed by atoms with Crippen molar-refractivity contribution in [1.29, 1.82) is 0 Å². The summed E-state index contributed by atoms with van der Waals surface area (Å²) >= 11 is 0. The largest absolute Gasteiger partial charge is 0.389 e. The van der Waals surface area contributed by atoms with Crippen molar-refractivity contribution in [3.8, 4) is 0 Å². The minimum absolute atomic E-state index is 0.00848. The van der Waals surface area contributed by atoms with Crippen molar-refractivity contribution in [3.63, 3.8) is 0 Å². The van der Waals surface area contributed by atoms with Gasteiger partial charge in [-0.1, -0.05) is 13.0 Å². The fraction of sp³-hybridized carbons (Fsp3) is 0.533. The number of nitrogens with one attached hydrogen (secondary N) is 1. The van der Waals surface area contributed by atoms with Crippen LogP contribution in [0.2, 0.25) is 0 Å². The number of urea groups is 1. The van der Waals surface area contributed by atoms with Crippen LogP contribution in [0, 0.1) is 10.1 Å². The normalized spacial score (nSPS) is 11.1. The third-order valence-electron chi connectivity index (χ3n) is 3.16. The second-order valence-corrected chi connectivity index (χ2v) is 5.71. The molecule has 2 N–H and O–H groups in total. The summed E-state index contributed by atoms with van der Waals surface area (Å²) in [6.07, 6.45) is 0.546. The number of anilines is 1. The molecular formula is C15H23N3O4. The molecule has 22 heavy (non-hydrogen) atoms. The van der Waals surface area contributed by atoms with Gasteiger partial charge in [-0.25, -0.2) is 4.79 Å². The first-order valence-corrected chi connectivity index (χ1v) is 7.23. The zero-order valence-corrected chi connectivity index (χ0v) is 13.4. The van der Waals surface area contributed by atoms with Crippen LogP contribution in [0.4, 0.5) is 16.2 Å². The number of rotatable bonds is 6. The first-order chi connectivity index (χ1) is 10.2. The quantitative estimate of drug-likeness (QED) is 0.624. The van der Waals surface area contributed by atoms with E-state index in [1.54, 1.807) is 32.9 Å². The van der Waals surface area contributed by atoms with Crippen LogP contribution in [0.3, 0.4) is 0 Å². The van der Waals surface area contributed by atoms with Gasteiger partial charge in [0.15, 0.2) is 0 Å². The molecule has 0 aliphatic carbocycles. The summed E-state index contributed by atoms with van der Waals surface area (Å²) < 4.78 is 0. The number of nitro benzene ring substituents is 1. The highest BCUT2D eigenvalue weighted by Crippen LogP contribution is 2.24. The number of nitro groups is 1. The molecule has 0 heterocycles. The van der Waals surface area contributed by atoms with Gasteiger partial charge in [-0.2, -0.15) is 0 Å². The first-order valence-electron chi connectivity index (χ1n) is 7.23. The molecule has 7 nitrogen and oxygen atoms in total. The van der Waals surface area contributed by atoms with Crippen molar-refractivity contribution < 1.29 is 14.8 Å². The van der Waals surface area contributed by atoms with E-state index in [-0.39, 0.29) is 12.2 Å². The monoisotopic (exact) mass is 309 g/mol. The number of hydrogen-bond acceptors (Lipinski definition) is 4. The van der Waals surface area contributed by atoms with Crippen molar-refractivity contribution in [1.82, 2.24) is 4.90 Å². The molecule has 0 saturated heterocycles. The number of carbonyl (C=O) groups is 1. The van der Waals surface area contributed by atoms with Crippen LogP contribution >= 0.6 is 0 Å². The Bertz CT molecular complexity index is 552. The van der Waals surface area contributed by atoms with Gasteiger partial charge in [0.25, 0.3) is 5.69 Å². The van der Waals surface area contributed by atoms with Crippen LogP contribution in [-0.4, -0.2) is 39.7 Å². The van der Waals surface area contributed by atoms with Gasteiger partial charge >= 0.3 is 6.03 Å². The van der Waals surface area contributed by atoms with E-state index in [9.17, 15) is 20.0 Å². The number of benzene rings is 1. The lowest BCUT2D eigenvalue weighted by atomic mass is 10.1. The highest BCUT2D eigenvalue weighted by Gasteiger charge is 2.22. The standard InChI is InChI=1S/C15H23N3O4/c1-5-11-7-8-12(9-13(11)18(21)22)16-14(19)17(6-2)10-15(3,4)20/h7-9,20H,5-6,10H2,1-4H3,(H,16,19). The average molecular weight is 309 g/mol. The van der Waals surface area contributed by atoms with E-state index >= 15 is 0 Å². The maximum Gasteiger partial charge on any atom is 0.321 e. The SMILES string of the molecule is CCc1ccc(NC(=O)N(CC)CC(C)(C)O)cc1[N+](=O)[O-]. The molecule has 0 unspecified atom stereocenters. The molecule has 0 saturated carbocycles. The molecule has 0 fully saturated rings. The van der Waals surface area contributed by atoms with Crippen LogP contribution in [-0.2, 0) is 6.42 Å². The predicted molar refractivity (Wildman–Crippen MR) is 85.0 cm³/mol. The number of hydrogen-bond donors (Lipinski definition) is 2. The Morgan fingerprint density at radius 3 is 2.50 bits per heavy atom. The summed E-state index contributed by atoms with van der Waals surface area (Å²) in [5, 5.41) is 23.5. The van der Waals surface area contributed by atoms with Gasteiger partial charge in [0, 0.05) is 23.9 Å². The van der Waals surface area contributed by atoms with Crippen molar-refractivity contribution >= 4 is 17.4 Å². The molecule has 1 aromatic rings. The molecule has 1 aromatic carbocycles. The van der Waals surface area contributed by atoms with Gasteiger partial charge in [0.05, 0.1) is 17.1 Å². The molecule has 2 amide bonds. The van der Waals surface area contributed by atoms with E-state index in [2.05, 4.69) is 5.32 Å². The van der Waals surface area contributed by atoms with Crippen molar-refractivity contribution in [2.75, 3.05) is 18.4 Å². The highest BCUT2D eigenvalue weighted by molar-refractivity contribution is 5.89. The van der Waals surface area contributed by atoms with Crippen molar-refractivity contribution in [2.45, 2.75) is 39.7 Å². The van der Waals surface area contributed by atoms with Crippen LogP contribution in [0.5, 0.6) is 0 Å². The Kier molecular flexibility index (Phi) is 5.87. The Balaban J connectivity index is 2.92. The van der Waals surface area contributed by atoms with E-state index in [1.807, 2.05) is 6.92 Å². The smallest absolute Gasteiger partial charge is 0.321 e. The van der Waals surface area contributed by atoms with Gasteiger partial charge in [0.2, 0.25) is 0 Å². The van der Waals surface area contributed by atoms with Crippen LogP contribution < -0.4 is 5.32 Å². The van der Waals surface area contributed by atoms with E-state index in [1.165, 1.54) is 11.0 Å². The Morgan fingerprint density at radius 1 is 1.41 bits per heavy atom. The number of likely N-dealkylation sites (N-methyl/N-ethyl adjacent to an activating group) is 1. The fourth-order valence-corrected chi connectivity index (χ4v) is 2.11. The van der Waals surface area contributed by atoms with Crippen LogP contribution in [0.1, 0.15) is 33.3 Å². The molecular weight excluding hydrogens is 286 g/mol. The molecule has 0 atom stereocenters. The molecule has 0 radical (unpaired) electrons. The van der Waals surface area contributed by atoms with Gasteiger partial charge < -0.3 is 15.3 Å². The van der Waals surface area contributed by atoms with Crippen LogP contribution in [0.15, 0.2) is 18.2 Å². The third kappa shape index (κ3) is 5.00. The van der Waals surface area contributed by atoms with Gasteiger partial charge in [-0.15, -0.1) is 0 Å². The maximum absolute atomic E-state index is 12.2. The predicted octanol–water partition coefficient (Wildman–Crippen LogP) is 2.78. The fourth-order valence-electron chi connectivity index (χ4n) is 2.11. The van der Waals surface area contributed by atoms with E-state index < -0.39 is 16.6 Å². The zero-order chi connectivity index (χ0) is 16.9. The summed E-state index contributed by atoms with van der Waals surface area (Å²) in [5.74, 6) is 0. The maximum atomic E-state index is 12.2. The van der Waals surface area contributed by atoms with Gasteiger partial charge in [-0.05, 0) is 33.3 Å². The molecule has 1 rings (SSSR count). The van der Waals surface area contributed by atoms with E-state index in [0.717, 1.165) is 0 Å². The minimum atomic E-state index is -1.01. The molecule has 0 aromatic heterocycles. The third-order valence-corrected chi connectivity index (χ3v) is 3.16. The highest BCUT2D eigenvalue weighted by atomic mass is 16.6. The molecule has 7 heteroatoms. The molecule has 0 spiro atoms. The summed E-state index contributed by atoms with van der Waals surface area (Å²) in [4.78, 5) is 24.2. The lowest BCUT2D eigenvalue weighted by Crippen LogP contribution is -2.44. The van der Waals surface area contributed by atoms with E-state index in [0.29, 0.717) is 24.2 Å². The topological polar surface area (TPSA) is 95.7 Å². The summed E-state index contributed by atoms with van der Waals surface area (Å²) in [6, 6.07) is 4.24. The molecule has 0 bridgehead atoms. The number of aryl methyl sites for hydroxylation is 1. The second-order valence-electron chi connectivity index (χ2n) is 5.71. The Morgan fingerprint density at radius 2 is 2.05 bits per heavy atom. The number of aliphatic hydroxyl groups is 1. The lowest BCUT2D eigenvalue weighted by Gasteiger charge is -2.28. The number of nitrogens with zero attached hydrogens (tertiary/aromatic N) is 2.